The van der Waals surface area contributed by atoms with Crippen LogP contribution in [-0.4, -0.2) is 14.5 Å². The molecule has 0 bridgehead atoms. The second-order valence-electron chi connectivity index (χ2n) is 6.12. The van der Waals surface area contributed by atoms with Crippen molar-refractivity contribution >= 4 is 39.1 Å². The molecule has 0 saturated carbocycles. The third kappa shape index (κ3) is 4.60. The minimum absolute atomic E-state index is 0.00132. The van der Waals surface area contributed by atoms with Crippen LogP contribution >= 0.6 is 27.7 Å². The number of hydrogen-bond donors (Lipinski definition) is 1. The third-order valence-electron chi connectivity index (χ3n) is 4.34. The van der Waals surface area contributed by atoms with Crippen LogP contribution in [0.15, 0.2) is 63.0 Å². The molecule has 3 rings (SSSR count). The van der Waals surface area contributed by atoms with Crippen LogP contribution in [0.1, 0.15) is 16.8 Å². The number of thioether (sulfide) groups is 1. The largest absolute Gasteiger partial charge is 0.319 e. The van der Waals surface area contributed by atoms with Gasteiger partial charge in [-0.2, -0.15) is 4.98 Å². The van der Waals surface area contributed by atoms with E-state index in [0.29, 0.717) is 32.3 Å². The predicted molar refractivity (Wildman–Crippen MR) is 113 cm³/mol. The number of aromatic nitrogens is 2. The van der Waals surface area contributed by atoms with Gasteiger partial charge in [0.15, 0.2) is 5.16 Å². The minimum atomic E-state index is -0.432. The van der Waals surface area contributed by atoms with Crippen molar-refractivity contribution in [3.05, 3.63) is 95.2 Å². The molecule has 0 unspecified atom stereocenters. The van der Waals surface area contributed by atoms with Gasteiger partial charge in [0, 0.05) is 44.8 Å². The van der Waals surface area contributed by atoms with E-state index >= 15 is 0 Å². The van der Waals surface area contributed by atoms with Gasteiger partial charge in [0.05, 0.1) is 11.5 Å². The van der Waals surface area contributed by atoms with Gasteiger partial charge in [-0.25, -0.2) is 0 Å². The van der Waals surface area contributed by atoms with Gasteiger partial charge in [0.1, 0.15) is 4.47 Å². The first kappa shape index (κ1) is 20.9. The summed E-state index contributed by atoms with van der Waals surface area (Å²) in [5.41, 5.74) is 1.90. The summed E-state index contributed by atoms with van der Waals surface area (Å²) in [6.45, 7) is 1.93. The van der Waals surface area contributed by atoms with Crippen molar-refractivity contribution in [1.29, 1.82) is 0 Å². The third-order valence-corrected chi connectivity index (χ3v) is 6.28. The lowest BCUT2D eigenvalue weighted by Gasteiger charge is -2.16. The van der Waals surface area contributed by atoms with Gasteiger partial charge in [0.2, 0.25) is 0 Å². The molecule has 0 aliphatic carbocycles. The second-order valence-corrected chi connectivity index (χ2v) is 7.85. The maximum absolute atomic E-state index is 12.2. The Bertz CT molecular complexity index is 1150. The fourth-order valence-corrected chi connectivity index (χ4v) is 4.13. The number of nitrogens with zero attached hydrogens (tertiary/aromatic N) is 3. The van der Waals surface area contributed by atoms with Gasteiger partial charge < -0.3 is 4.57 Å². The molecule has 0 spiro atoms. The molecule has 0 saturated heterocycles. The normalized spacial score (nSPS) is 10.7. The molecule has 0 fully saturated rings. The topological polar surface area (TPSA) is 109 Å². The summed E-state index contributed by atoms with van der Waals surface area (Å²) in [7, 11) is 0. The molecule has 1 N–H and O–H groups in total. The number of hydrogen-bond acceptors (Lipinski definition) is 6. The van der Waals surface area contributed by atoms with Crippen LogP contribution in [0, 0.1) is 21.9 Å². The van der Waals surface area contributed by atoms with Crippen LogP contribution in [0.2, 0.25) is 0 Å². The SMILES string of the molecule is Cc1c(Br)c(=O)nc(SCc2ccccc2[NH+]=O)n1Cc1ccccc1[N+](=O)[O-]. The summed E-state index contributed by atoms with van der Waals surface area (Å²) >= 11 is 4.54. The van der Waals surface area contributed by atoms with Crippen molar-refractivity contribution in [3.8, 4) is 0 Å². The fourth-order valence-electron chi connectivity index (χ4n) is 2.79. The van der Waals surface area contributed by atoms with E-state index in [4.69, 9.17) is 0 Å². The van der Waals surface area contributed by atoms with Crippen LogP contribution in [-0.2, 0) is 12.3 Å². The van der Waals surface area contributed by atoms with E-state index in [0.717, 1.165) is 5.56 Å². The Labute approximate surface area is 178 Å². The number of rotatable bonds is 7. The molecule has 8 nitrogen and oxygen atoms in total. The molecule has 10 heteroatoms. The molecule has 0 aliphatic heterocycles. The molecule has 0 aliphatic rings. The first-order chi connectivity index (χ1) is 13.9. The van der Waals surface area contributed by atoms with Gasteiger partial charge >= 0.3 is 0 Å². The maximum atomic E-state index is 12.2. The second kappa shape index (κ2) is 9.10. The number of nitrogens with one attached hydrogen (secondary N) is 1. The van der Waals surface area contributed by atoms with Crippen LogP contribution in [0.5, 0.6) is 0 Å². The molecule has 0 amide bonds. The predicted octanol–water partition coefficient (Wildman–Crippen LogP) is 3.04. The first-order valence-electron chi connectivity index (χ1n) is 8.50. The fraction of sp³-hybridized carbons (Fsp3) is 0.158. The van der Waals surface area contributed by atoms with E-state index in [-0.39, 0.29) is 12.2 Å². The number of halogens is 1. The smallest absolute Gasteiger partial charge is 0.288 e. The highest BCUT2D eigenvalue weighted by Crippen LogP contribution is 2.28. The molecule has 0 atom stereocenters. The highest BCUT2D eigenvalue weighted by molar-refractivity contribution is 9.10. The summed E-state index contributed by atoms with van der Waals surface area (Å²) in [5.74, 6) is 0.399. The molecule has 148 valence electrons. The summed E-state index contributed by atoms with van der Waals surface area (Å²) in [6.07, 6.45) is 0. The number of nitro benzene ring substituents is 1. The summed E-state index contributed by atoms with van der Waals surface area (Å²) < 4.78 is 2.06. The molecular weight excluding hydrogens is 460 g/mol. The average Bonchev–Trinajstić information content (AvgIpc) is 2.73. The Morgan fingerprint density at radius 1 is 1.17 bits per heavy atom. The monoisotopic (exact) mass is 475 g/mol. The molecular formula is C19H16BrN4O4S+. The zero-order valence-corrected chi connectivity index (χ0v) is 17.7. The summed E-state index contributed by atoms with van der Waals surface area (Å²) in [4.78, 5) is 38.4. The van der Waals surface area contributed by atoms with E-state index in [2.05, 4.69) is 20.9 Å². The first-order valence-corrected chi connectivity index (χ1v) is 10.3. The van der Waals surface area contributed by atoms with E-state index in [1.165, 1.54) is 17.8 Å². The van der Waals surface area contributed by atoms with E-state index in [9.17, 15) is 19.8 Å². The van der Waals surface area contributed by atoms with Gasteiger partial charge in [-0.1, -0.05) is 48.2 Å². The molecule has 29 heavy (non-hydrogen) atoms. The Balaban J connectivity index is 2.01. The van der Waals surface area contributed by atoms with Crippen LogP contribution in [0.25, 0.3) is 0 Å². The van der Waals surface area contributed by atoms with Gasteiger partial charge in [-0.05, 0) is 22.9 Å². The molecule has 0 radical (unpaired) electrons. The van der Waals surface area contributed by atoms with Gasteiger partial charge in [-0.15, -0.1) is 0 Å². The van der Waals surface area contributed by atoms with Crippen LogP contribution in [0.4, 0.5) is 11.4 Å². The standard InChI is InChI=1S/C19H15BrN4O4S/c1-12-17(20)18(25)21-19(29-11-14-7-2-4-8-15(14)22-26)23(12)10-13-6-3-5-9-16(13)24(27)28/h2-9H,10-11H2,1H3/p+1. The van der Waals surface area contributed by atoms with E-state index in [1.54, 1.807) is 41.8 Å². The van der Waals surface area contributed by atoms with E-state index < -0.39 is 10.5 Å². The molecule has 2 aromatic carbocycles. The number of nitro groups is 1. The minimum Gasteiger partial charge on any atom is -0.319 e. The highest BCUT2D eigenvalue weighted by atomic mass is 79.9. The summed E-state index contributed by atoms with van der Waals surface area (Å²) in [6, 6.07) is 13.5. The number of para-hydroxylation sites is 2. The molecule has 1 aromatic heterocycles. The molecule has 3 aromatic rings. The van der Waals surface area contributed by atoms with Crippen LogP contribution in [0.3, 0.4) is 0 Å². The Morgan fingerprint density at radius 3 is 2.52 bits per heavy atom. The zero-order chi connectivity index (χ0) is 21.0. The van der Waals surface area contributed by atoms with Crippen LogP contribution < -0.4 is 10.7 Å². The lowest BCUT2D eigenvalue weighted by Crippen LogP contribution is -2.56. The van der Waals surface area contributed by atoms with Gasteiger partial charge in [-0.3, -0.25) is 14.9 Å². The lowest BCUT2D eigenvalue weighted by molar-refractivity contribution is -0.385. The zero-order valence-electron chi connectivity index (χ0n) is 15.3. The van der Waals surface area contributed by atoms with Crippen molar-refractivity contribution < 1.29 is 10.1 Å². The summed E-state index contributed by atoms with van der Waals surface area (Å²) in [5, 5.41) is 13.7. The highest BCUT2D eigenvalue weighted by Gasteiger charge is 2.19. The average molecular weight is 476 g/mol. The number of benzene rings is 2. The van der Waals surface area contributed by atoms with Crippen molar-refractivity contribution in [2.75, 3.05) is 0 Å². The van der Waals surface area contributed by atoms with Crippen molar-refractivity contribution in [2.24, 2.45) is 0 Å². The maximum Gasteiger partial charge on any atom is 0.288 e. The quantitative estimate of drug-likeness (QED) is 0.243. The van der Waals surface area contributed by atoms with Crippen molar-refractivity contribution in [3.63, 3.8) is 0 Å². The van der Waals surface area contributed by atoms with Crippen molar-refractivity contribution in [2.45, 2.75) is 24.4 Å². The molecule has 1 heterocycles. The Hall–Kier alpha value is -2.85. The van der Waals surface area contributed by atoms with Crippen molar-refractivity contribution in [1.82, 2.24) is 9.55 Å². The van der Waals surface area contributed by atoms with E-state index in [1.807, 2.05) is 17.3 Å². The Morgan fingerprint density at radius 2 is 1.83 bits per heavy atom. The lowest BCUT2D eigenvalue weighted by atomic mass is 10.2. The Kier molecular flexibility index (Phi) is 6.55. The number of nitroso groups, excluding NO2 is 1. The van der Waals surface area contributed by atoms with Gasteiger partial charge in [0.25, 0.3) is 16.9 Å².